The Morgan fingerprint density at radius 3 is 2.50 bits per heavy atom. The topological polar surface area (TPSA) is 67.3 Å². The van der Waals surface area contributed by atoms with Crippen LogP contribution in [0.1, 0.15) is 30.0 Å². The zero-order chi connectivity index (χ0) is 20.1. The van der Waals surface area contributed by atoms with Gasteiger partial charge in [0, 0.05) is 7.05 Å². The summed E-state index contributed by atoms with van der Waals surface area (Å²) in [6.07, 6.45) is 1.20. The molecule has 3 aromatic rings. The van der Waals surface area contributed by atoms with Gasteiger partial charge in [-0.1, -0.05) is 42.5 Å². The van der Waals surface area contributed by atoms with Gasteiger partial charge in [-0.25, -0.2) is 13.4 Å². The van der Waals surface area contributed by atoms with Crippen molar-refractivity contribution in [3.63, 3.8) is 0 Å². The first kappa shape index (κ1) is 20.5. The Balaban J connectivity index is 1.57. The Labute approximate surface area is 169 Å². The molecular formula is C21H24N2O3S2. The third kappa shape index (κ3) is 5.17. The summed E-state index contributed by atoms with van der Waals surface area (Å²) in [5.74, 6) is -0.851. The number of carbonyl (C=O) groups is 1. The van der Waals surface area contributed by atoms with E-state index >= 15 is 0 Å². The van der Waals surface area contributed by atoms with Crippen molar-refractivity contribution < 1.29 is 13.2 Å². The zero-order valence-electron chi connectivity index (χ0n) is 16.0. The fourth-order valence-corrected chi connectivity index (χ4v) is 5.32. The van der Waals surface area contributed by atoms with Gasteiger partial charge in [0.2, 0.25) is 5.91 Å². The minimum atomic E-state index is -3.44. The lowest BCUT2D eigenvalue weighted by Gasteiger charge is -2.23. The molecule has 0 radical (unpaired) electrons. The number of rotatable bonds is 8. The van der Waals surface area contributed by atoms with E-state index in [1.165, 1.54) is 16.2 Å². The number of carbonyl (C=O) groups excluding carboxylic acids is 1. The fourth-order valence-electron chi connectivity index (χ4n) is 2.95. The molecule has 0 aliphatic rings. The van der Waals surface area contributed by atoms with Crippen molar-refractivity contribution in [2.45, 2.75) is 25.8 Å². The van der Waals surface area contributed by atoms with Gasteiger partial charge in [0.1, 0.15) is 10.8 Å². The second kappa shape index (κ2) is 8.84. The lowest BCUT2D eigenvalue weighted by atomic mass is 10.1. The first-order valence-electron chi connectivity index (χ1n) is 9.21. The number of amides is 1. The molecule has 1 atom stereocenters. The molecule has 0 N–H and O–H groups in total. The molecule has 0 aliphatic carbocycles. The molecule has 0 fully saturated rings. The monoisotopic (exact) mass is 416 g/mol. The largest absolute Gasteiger partial charge is 0.336 e. The van der Waals surface area contributed by atoms with E-state index in [1.807, 2.05) is 61.5 Å². The van der Waals surface area contributed by atoms with Gasteiger partial charge in [-0.15, -0.1) is 11.3 Å². The maximum atomic E-state index is 12.5. The summed E-state index contributed by atoms with van der Waals surface area (Å²) < 4.78 is 25.8. The van der Waals surface area contributed by atoms with Crippen LogP contribution in [0, 0.1) is 0 Å². The highest BCUT2D eigenvalue weighted by Crippen LogP contribution is 2.28. The number of aryl methyl sites for hydroxylation is 1. The predicted molar refractivity (Wildman–Crippen MR) is 114 cm³/mol. The van der Waals surface area contributed by atoms with E-state index in [0.29, 0.717) is 12.8 Å². The van der Waals surface area contributed by atoms with Gasteiger partial charge in [-0.3, -0.25) is 4.79 Å². The van der Waals surface area contributed by atoms with Crippen molar-refractivity contribution >= 4 is 37.3 Å². The molecule has 0 saturated heterocycles. The molecule has 3 rings (SSSR count). The summed E-state index contributed by atoms with van der Waals surface area (Å²) in [5, 5.41) is 0.804. The molecule has 0 saturated carbocycles. The van der Waals surface area contributed by atoms with Gasteiger partial charge < -0.3 is 4.90 Å². The van der Waals surface area contributed by atoms with Crippen LogP contribution in [0.4, 0.5) is 0 Å². The molecule has 7 heteroatoms. The van der Waals surface area contributed by atoms with Crippen molar-refractivity contribution in [2.24, 2.45) is 0 Å². The molecular weight excluding hydrogens is 392 g/mol. The Hall–Kier alpha value is -2.25. The highest BCUT2D eigenvalue weighted by atomic mass is 32.2. The molecule has 28 heavy (non-hydrogen) atoms. The number of thiazole rings is 1. The van der Waals surface area contributed by atoms with Crippen LogP contribution < -0.4 is 0 Å². The maximum absolute atomic E-state index is 12.5. The number of hydrogen-bond donors (Lipinski definition) is 0. The molecule has 0 aliphatic heterocycles. The first-order chi connectivity index (χ1) is 13.4. The van der Waals surface area contributed by atoms with Crippen LogP contribution in [0.3, 0.4) is 0 Å². The van der Waals surface area contributed by atoms with E-state index in [2.05, 4.69) is 4.98 Å². The van der Waals surface area contributed by atoms with Gasteiger partial charge in [-0.2, -0.15) is 0 Å². The minimum Gasteiger partial charge on any atom is -0.336 e. The minimum absolute atomic E-state index is 0.0109. The summed E-state index contributed by atoms with van der Waals surface area (Å²) in [7, 11) is -1.81. The predicted octanol–water partition coefficient (Wildman–Crippen LogP) is 3.86. The van der Waals surface area contributed by atoms with E-state index in [0.717, 1.165) is 20.8 Å². The van der Waals surface area contributed by atoms with E-state index in [4.69, 9.17) is 0 Å². The SMILES string of the molecule is CC(c1nc2ccccc2s1)N(C)C(=O)CS(=O)(=O)CCCc1ccccc1. The van der Waals surface area contributed by atoms with Gasteiger partial charge in [-0.05, 0) is 37.5 Å². The van der Waals surface area contributed by atoms with Crippen molar-refractivity contribution in [1.82, 2.24) is 9.88 Å². The summed E-state index contributed by atoms with van der Waals surface area (Å²) in [4.78, 5) is 18.6. The van der Waals surface area contributed by atoms with Crippen molar-refractivity contribution in [1.29, 1.82) is 0 Å². The highest BCUT2D eigenvalue weighted by molar-refractivity contribution is 7.92. The quantitative estimate of drug-likeness (QED) is 0.559. The van der Waals surface area contributed by atoms with Crippen LogP contribution in [0.2, 0.25) is 0 Å². The van der Waals surface area contributed by atoms with E-state index < -0.39 is 21.5 Å². The number of para-hydroxylation sites is 1. The van der Waals surface area contributed by atoms with Crippen LogP contribution in [0.25, 0.3) is 10.2 Å². The Bertz CT molecular complexity index is 1010. The standard InChI is InChI=1S/C21H24N2O3S2/c1-16(21-22-18-12-6-7-13-19(18)27-21)23(2)20(24)15-28(25,26)14-8-11-17-9-4-3-5-10-17/h3-7,9-10,12-13,16H,8,11,14-15H2,1-2H3. The average Bonchev–Trinajstić information content (AvgIpc) is 3.11. The van der Waals surface area contributed by atoms with Gasteiger partial charge in [0.25, 0.3) is 0 Å². The molecule has 0 spiro atoms. The molecule has 5 nitrogen and oxygen atoms in total. The third-order valence-corrected chi connectivity index (χ3v) is 7.55. The van der Waals surface area contributed by atoms with E-state index in [9.17, 15) is 13.2 Å². The Morgan fingerprint density at radius 1 is 1.11 bits per heavy atom. The van der Waals surface area contributed by atoms with Crippen molar-refractivity contribution in [2.75, 3.05) is 18.6 Å². The third-order valence-electron chi connectivity index (χ3n) is 4.75. The summed E-state index contributed by atoms with van der Waals surface area (Å²) >= 11 is 1.53. The number of benzene rings is 2. The van der Waals surface area contributed by atoms with Crippen LogP contribution in [-0.4, -0.2) is 42.8 Å². The Kier molecular flexibility index (Phi) is 6.46. The van der Waals surface area contributed by atoms with Crippen LogP contribution >= 0.6 is 11.3 Å². The van der Waals surface area contributed by atoms with Crippen LogP contribution in [0.15, 0.2) is 54.6 Å². The molecule has 1 amide bonds. The molecule has 148 valence electrons. The lowest BCUT2D eigenvalue weighted by Crippen LogP contribution is -2.35. The maximum Gasteiger partial charge on any atom is 0.238 e. The normalized spacial score (nSPS) is 12.8. The summed E-state index contributed by atoms with van der Waals surface area (Å²) in [6, 6.07) is 17.3. The molecule has 0 bridgehead atoms. The van der Waals surface area contributed by atoms with Crippen LogP contribution in [0.5, 0.6) is 0 Å². The fraction of sp³-hybridized carbons (Fsp3) is 0.333. The van der Waals surface area contributed by atoms with Crippen molar-refractivity contribution in [3.05, 3.63) is 65.2 Å². The van der Waals surface area contributed by atoms with E-state index in [1.54, 1.807) is 7.05 Å². The number of hydrogen-bond acceptors (Lipinski definition) is 5. The second-order valence-electron chi connectivity index (χ2n) is 6.88. The van der Waals surface area contributed by atoms with Crippen molar-refractivity contribution in [3.8, 4) is 0 Å². The molecule has 1 aromatic heterocycles. The second-order valence-corrected chi connectivity index (χ2v) is 10.1. The zero-order valence-corrected chi connectivity index (χ0v) is 17.7. The lowest BCUT2D eigenvalue weighted by molar-refractivity contribution is -0.129. The average molecular weight is 417 g/mol. The van der Waals surface area contributed by atoms with Gasteiger partial charge in [0.15, 0.2) is 9.84 Å². The molecule has 2 aromatic carbocycles. The van der Waals surface area contributed by atoms with Gasteiger partial charge >= 0.3 is 0 Å². The van der Waals surface area contributed by atoms with Gasteiger partial charge in [0.05, 0.1) is 22.0 Å². The Morgan fingerprint density at radius 2 is 1.79 bits per heavy atom. The molecule has 1 unspecified atom stereocenters. The number of sulfone groups is 1. The first-order valence-corrected chi connectivity index (χ1v) is 11.8. The molecule has 1 heterocycles. The van der Waals surface area contributed by atoms with E-state index in [-0.39, 0.29) is 11.8 Å². The highest BCUT2D eigenvalue weighted by Gasteiger charge is 2.25. The number of aromatic nitrogens is 1. The summed E-state index contributed by atoms with van der Waals surface area (Å²) in [6.45, 7) is 1.87. The number of fused-ring (bicyclic) bond motifs is 1. The van der Waals surface area contributed by atoms with Crippen LogP contribution in [-0.2, 0) is 21.1 Å². The number of nitrogens with zero attached hydrogens (tertiary/aromatic N) is 2. The smallest absolute Gasteiger partial charge is 0.238 e. The summed E-state index contributed by atoms with van der Waals surface area (Å²) in [5.41, 5.74) is 1.99.